The van der Waals surface area contributed by atoms with Crippen molar-refractivity contribution in [2.24, 2.45) is 0 Å². The predicted octanol–water partition coefficient (Wildman–Crippen LogP) is 3.76. The van der Waals surface area contributed by atoms with Crippen LogP contribution in [0.3, 0.4) is 0 Å². The zero-order chi connectivity index (χ0) is 19.2. The van der Waals surface area contributed by atoms with Crippen LogP contribution in [0.4, 0.5) is 0 Å². The summed E-state index contributed by atoms with van der Waals surface area (Å²) in [6, 6.07) is 13.2. The highest BCUT2D eigenvalue weighted by molar-refractivity contribution is 6.31. The molecule has 1 aliphatic rings. The number of fused-ring (bicyclic) bond motifs is 1. The number of carbonyl (C=O) groups is 2. The van der Waals surface area contributed by atoms with E-state index in [0.717, 1.165) is 30.4 Å². The van der Waals surface area contributed by atoms with E-state index < -0.39 is 5.97 Å². The third kappa shape index (κ3) is 5.23. The van der Waals surface area contributed by atoms with Gasteiger partial charge >= 0.3 is 5.97 Å². The Labute approximate surface area is 163 Å². The first-order valence-corrected chi connectivity index (χ1v) is 9.32. The smallest absolute Gasteiger partial charge is 0.344 e. The standard InChI is InChI=1S/C21H22ClNO4/c1-14-11-16(9-10-18(14)22)26-13-21(25)27-12-20(24)23-19-8-4-6-15-5-2-3-7-17(15)19/h2-3,5,7,9-11,19H,4,6,8,12-13H2,1H3,(H,23,24)/t19-/m0/s1. The zero-order valence-electron chi connectivity index (χ0n) is 15.2. The van der Waals surface area contributed by atoms with E-state index in [4.69, 9.17) is 21.1 Å². The minimum Gasteiger partial charge on any atom is -0.482 e. The summed E-state index contributed by atoms with van der Waals surface area (Å²) in [5.74, 6) is -0.383. The maximum absolute atomic E-state index is 12.1. The molecule has 0 bridgehead atoms. The van der Waals surface area contributed by atoms with E-state index in [1.807, 2.05) is 25.1 Å². The Bertz CT molecular complexity index is 837. The van der Waals surface area contributed by atoms with Gasteiger partial charge in [-0.25, -0.2) is 4.79 Å². The van der Waals surface area contributed by atoms with E-state index in [1.165, 1.54) is 5.56 Å². The minimum atomic E-state index is -0.596. The maximum atomic E-state index is 12.1. The number of hydrogen-bond acceptors (Lipinski definition) is 4. The van der Waals surface area contributed by atoms with E-state index in [9.17, 15) is 9.59 Å². The fraction of sp³-hybridized carbons (Fsp3) is 0.333. The van der Waals surface area contributed by atoms with Crippen LogP contribution in [-0.4, -0.2) is 25.1 Å². The normalized spacial score (nSPS) is 15.6. The van der Waals surface area contributed by atoms with E-state index >= 15 is 0 Å². The zero-order valence-corrected chi connectivity index (χ0v) is 15.9. The maximum Gasteiger partial charge on any atom is 0.344 e. The van der Waals surface area contributed by atoms with Gasteiger partial charge in [-0.05, 0) is 61.1 Å². The van der Waals surface area contributed by atoms with Crippen molar-refractivity contribution < 1.29 is 19.1 Å². The van der Waals surface area contributed by atoms with Crippen molar-refractivity contribution in [3.63, 3.8) is 0 Å². The third-order valence-electron chi connectivity index (χ3n) is 4.55. The summed E-state index contributed by atoms with van der Waals surface area (Å²) in [6.45, 7) is 1.27. The number of esters is 1. The highest BCUT2D eigenvalue weighted by Crippen LogP contribution is 2.29. The molecule has 142 valence electrons. The van der Waals surface area contributed by atoms with Gasteiger partial charge in [0.15, 0.2) is 13.2 Å². The van der Waals surface area contributed by atoms with Gasteiger partial charge in [-0.1, -0.05) is 35.9 Å². The first-order valence-electron chi connectivity index (χ1n) is 8.94. The van der Waals surface area contributed by atoms with Gasteiger partial charge in [0.05, 0.1) is 6.04 Å². The van der Waals surface area contributed by atoms with Crippen LogP contribution < -0.4 is 10.1 Å². The lowest BCUT2D eigenvalue weighted by atomic mass is 9.88. The monoisotopic (exact) mass is 387 g/mol. The van der Waals surface area contributed by atoms with Gasteiger partial charge in [0.2, 0.25) is 0 Å². The van der Waals surface area contributed by atoms with Gasteiger partial charge in [0.1, 0.15) is 5.75 Å². The molecule has 0 aromatic heterocycles. The second kappa shape index (κ2) is 8.91. The molecule has 0 aliphatic heterocycles. The average molecular weight is 388 g/mol. The summed E-state index contributed by atoms with van der Waals surface area (Å²) in [4.78, 5) is 23.9. The van der Waals surface area contributed by atoms with Crippen molar-refractivity contribution >= 4 is 23.5 Å². The number of amides is 1. The summed E-state index contributed by atoms with van der Waals surface area (Å²) < 4.78 is 10.4. The lowest BCUT2D eigenvalue weighted by Crippen LogP contribution is -2.34. The number of benzene rings is 2. The van der Waals surface area contributed by atoms with Crippen LogP contribution in [0.1, 0.15) is 35.6 Å². The van der Waals surface area contributed by atoms with Crippen molar-refractivity contribution in [2.75, 3.05) is 13.2 Å². The first-order chi connectivity index (χ1) is 13.0. The quantitative estimate of drug-likeness (QED) is 0.766. The molecular weight excluding hydrogens is 366 g/mol. The molecule has 3 rings (SSSR count). The van der Waals surface area contributed by atoms with Crippen LogP contribution in [0.5, 0.6) is 5.75 Å². The van der Waals surface area contributed by atoms with Crippen molar-refractivity contribution in [2.45, 2.75) is 32.2 Å². The molecule has 0 saturated heterocycles. The van der Waals surface area contributed by atoms with Crippen LogP contribution >= 0.6 is 11.6 Å². The highest BCUT2D eigenvalue weighted by Gasteiger charge is 2.21. The second-order valence-electron chi connectivity index (χ2n) is 6.57. The van der Waals surface area contributed by atoms with Crippen LogP contribution in [0.2, 0.25) is 5.02 Å². The van der Waals surface area contributed by atoms with Crippen LogP contribution in [0.15, 0.2) is 42.5 Å². The van der Waals surface area contributed by atoms with Crippen LogP contribution in [-0.2, 0) is 20.7 Å². The van der Waals surface area contributed by atoms with Gasteiger partial charge in [0, 0.05) is 5.02 Å². The summed E-state index contributed by atoms with van der Waals surface area (Å²) in [5.41, 5.74) is 3.26. The molecule has 1 amide bonds. The Morgan fingerprint density at radius 2 is 2.00 bits per heavy atom. The van der Waals surface area contributed by atoms with E-state index in [2.05, 4.69) is 11.4 Å². The Morgan fingerprint density at radius 1 is 1.19 bits per heavy atom. The van der Waals surface area contributed by atoms with Gasteiger partial charge in [0.25, 0.3) is 5.91 Å². The first kappa shape index (κ1) is 19.2. The number of ether oxygens (including phenoxy) is 2. The van der Waals surface area contributed by atoms with Crippen molar-refractivity contribution in [3.05, 3.63) is 64.2 Å². The Morgan fingerprint density at radius 3 is 2.81 bits per heavy atom. The van der Waals surface area contributed by atoms with Gasteiger partial charge in [-0.15, -0.1) is 0 Å². The summed E-state index contributed by atoms with van der Waals surface area (Å²) in [7, 11) is 0. The van der Waals surface area contributed by atoms with Crippen molar-refractivity contribution in [1.29, 1.82) is 0 Å². The van der Waals surface area contributed by atoms with Crippen LogP contribution in [0, 0.1) is 6.92 Å². The molecule has 0 spiro atoms. The number of aryl methyl sites for hydroxylation is 2. The predicted molar refractivity (Wildman–Crippen MR) is 103 cm³/mol. The van der Waals surface area contributed by atoms with E-state index in [1.54, 1.807) is 18.2 Å². The molecule has 2 aromatic rings. The number of hydrogen-bond donors (Lipinski definition) is 1. The molecule has 1 N–H and O–H groups in total. The molecule has 0 radical (unpaired) electrons. The molecule has 0 heterocycles. The minimum absolute atomic E-state index is 0.0329. The molecule has 1 aliphatic carbocycles. The lowest BCUT2D eigenvalue weighted by Gasteiger charge is -2.26. The van der Waals surface area contributed by atoms with E-state index in [0.29, 0.717) is 10.8 Å². The summed E-state index contributed by atoms with van der Waals surface area (Å²) in [5, 5.41) is 3.58. The Hall–Kier alpha value is -2.53. The largest absolute Gasteiger partial charge is 0.482 e. The number of halogens is 1. The Kier molecular flexibility index (Phi) is 6.35. The number of carbonyl (C=O) groups excluding carboxylic acids is 2. The van der Waals surface area contributed by atoms with Gasteiger partial charge < -0.3 is 14.8 Å². The fourth-order valence-electron chi connectivity index (χ4n) is 3.18. The van der Waals surface area contributed by atoms with Gasteiger partial charge in [-0.3, -0.25) is 4.79 Å². The summed E-state index contributed by atoms with van der Waals surface area (Å²) in [6.07, 6.45) is 2.94. The lowest BCUT2D eigenvalue weighted by molar-refractivity contribution is -0.150. The van der Waals surface area contributed by atoms with Gasteiger partial charge in [-0.2, -0.15) is 0 Å². The van der Waals surface area contributed by atoms with Crippen molar-refractivity contribution in [3.8, 4) is 5.75 Å². The summed E-state index contributed by atoms with van der Waals surface area (Å²) >= 11 is 5.95. The molecule has 0 saturated carbocycles. The number of nitrogens with one attached hydrogen (secondary N) is 1. The van der Waals surface area contributed by atoms with E-state index in [-0.39, 0.29) is 25.2 Å². The third-order valence-corrected chi connectivity index (χ3v) is 4.98. The fourth-order valence-corrected chi connectivity index (χ4v) is 3.29. The molecule has 2 aromatic carbocycles. The average Bonchev–Trinajstić information content (AvgIpc) is 2.67. The number of rotatable bonds is 6. The molecule has 27 heavy (non-hydrogen) atoms. The SMILES string of the molecule is Cc1cc(OCC(=O)OCC(=O)N[C@H]2CCCc3ccccc32)ccc1Cl. The molecular formula is C21H22ClNO4. The molecule has 6 heteroatoms. The molecule has 5 nitrogen and oxygen atoms in total. The molecule has 0 unspecified atom stereocenters. The molecule has 0 fully saturated rings. The topological polar surface area (TPSA) is 64.6 Å². The Balaban J connectivity index is 1.44. The highest BCUT2D eigenvalue weighted by atomic mass is 35.5. The molecule has 1 atom stereocenters. The second-order valence-corrected chi connectivity index (χ2v) is 6.98. The van der Waals surface area contributed by atoms with Crippen molar-refractivity contribution in [1.82, 2.24) is 5.32 Å². The van der Waals surface area contributed by atoms with Crippen LogP contribution in [0.25, 0.3) is 0 Å².